The summed E-state index contributed by atoms with van der Waals surface area (Å²) < 4.78 is 0. The monoisotopic (exact) mass is 390 g/mol. The van der Waals surface area contributed by atoms with Gasteiger partial charge in [0.25, 0.3) is 5.56 Å². The topological polar surface area (TPSA) is 104 Å². The fraction of sp³-hybridized carbons (Fsp3) is 0.500. The fourth-order valence-corrected chi connectivity index (χ4v) is 5.55. The van der Waals surface area contributed by atoms with Crippen molar-refractivity contribution in [1.82, 2.24) is 20.2 Å². The Morgan fingerprint density at radius 1 is 1.24 bits per heavy atom. The van der Waals surface area contributed by atoms with Crippen molar-refractivity contribution in [3.63, 3.8) is 0 Å². The Labute approximate surface area is 168 Å². The summed E-state index contributed by atoms with van der Waals surface area (Å²) >= 11 is 0. The Morgan fingerprint density at radius 2 is 2.00 bits per heavy atom. The molecule has 3 aromatic rings. The Bertz CT molecular complexity index is 1160. The largest absolute Gasteiger partial charge is 0.342 e. The normalized spacial score (nSPS) is 27.5. The highest BCUT2D eigenvalue weighted by Gasteiger charge is 2.46. The van der Waals surface area contributed by atoms with Gasteiger partial charge in [-0.2, -0.15) is 10.1 Å². The van der Waals surface area contributed by atoms with E-state index in [0.29, 0.717) is 28.8 Å². The number of H-pyrrole nitrogens is 2. The zero-order chi connectivity index (χ0) is 19.8. The number of rotatable bonds is 2. The molecule has 7 heteroatoms. The zero-order valence-electron chi connectivity index (χ0n) is 16.6. The first-order valence-electron chi connectivity index (χ1n) is 10.6. The summed E-state index contributed by atoms with van der Waals surface area (Å²) in [6, 6.07) is 8.65. The molecule has 2 fully saturated rings. The van der Waals surface area contributed by atoms with Gasteiger partial charge in [0.05, 0.1) is 5.69 Å². The van der Waals surface area contributed by atoms with Crippen LogP contribution in [0.15, 0.2) is 29.1 Å². The lowest BCUT2D eigenvalue weighted by Crippen LogP contribution is -2.45. The summed E-state index contributed by atoms with van der Waals surface area (Å²) in [7, 11) is 0. The highest BCUT2D eigenvalue weighted by molar-refractivity contribution is 5.78. The average molecular weight is 390 g/mol. The summed E-state index contributed by atoms with van der Waals surface area (Å²) in [5, 5.41) is 8.03. The maximum absolute atomic E-state index is 12.8. The van der Waals surface area contributed by atoms with E-state index in [2.05, 4.69) is 56.3 Å². The molecule has 3 atom stereocenters. The van der Waals surface area contributed by atoms with Crippen LogP contribution in [0.3, 0.4) is 0 Å². The zero-order valence-corrected chi connectivity index (χ0v) is 16.6. The molecule has 3 aliphatic rings. The van der Waals surface area contributed by atoms with Gasteiger partial charge in [-0.25, -0.2) is 0 Å². The number of benzene rings is 1. The number of hydrogen-bond donors (Lipinski definition) is 3. The molecular formula is C22H26N6O. The van der Waals surface area contributed by atoms with Crippen molar-refractivity contribution < 1.29 is 0 Å². The van der Waals surface area contributed by atoms with Gasteiger partial charge in [0.15, 0.2) is 5.65 Å². The van der Waals surface area contributed by atoms with E-state index in [0.717, 1.165) is 44.5 Å². The van der Waals surface area contributed by atoms with Crippen LogP contribution in [-0.2, 0) is 6.42 Å². The molecule has 4 N–H and O–H groups in total. The van der Waals surface area contributed by atoms with Gasteiger partial charge in [0.1, 0.15) is 5.39 Å². The molecule has 6 rings (SSSR count). The first kappa shape index (κ1) is 17.2. The molecule has 2 aromatic heterocycles. The molecule has 0 radical (unpaired) electrons. The minimum absolute atomic E-state index is 0.0851. The number of nitrogens with zero attached hydrogens (tertiary/aromatic N) is 3. The molecule has 0 bridgehead atoms. The van der Waals surface area contributed by atoms with Crippen LogP contribution in [0.25, 0.3) is 11.0 Å². The van der Waals surface area contributed by atoms with Crippen LogP contribution >= 0.6 is 0 Å². The lowest BCUT2D eigenvalue weighted by atomic mass is 9.73. The van der Waals surface area contributed by atoms with Crippen LogP contribution < -0.4 is 16.2 Å². The minimum Gasteiger partial charge on any atom is -0.342 e. The molecular weight excluding hydrogens is 364 g/mol. The van der Waals surface area contributed by atoms with E-state index in [9.17, 15) is 4.79 Å². The third kappa shape index (κ3) is 2.50. The predicted octanol–water partition coefficient (Wildman–Crippen LogP) is 2.61. The molecule has 1 saturated heterocycles. The van der Waals surface area contributed by atoms with Crippen molar-refractivity contribution >= 4 is 17.0 Å². The van der Waals surface area contributed by atoms with Gasteiger partial charge in [0, 0.05) is 25.0 Å². The lowest BCUT2D eigenvalue weighted by Gasteiger charge is -2.42. The van der Waals surface area contributed by atoms with E-state index < -0.39 is 0 Å². The van der Waals surface area contributed by atoms with E-state index in [1.165, 1.54) is 11.1 Å². The molecule has 1 aromatic carbocycles. The number of aromatic amines is 2. The maximum Gasteiger partial charge on any atom is 0.263 e. The van der Waals surface area contributed by atoms with Crippen molar-refractivity contribution in [3.05, 3.63) is 51.4 Å². The molecule has 2 aliphatic carbocycles. The average Bonchev–Trinajstić information content (AvgIpc) is 3.18. The van der Waals surface area contributed by atoms with Gasteiger partial charge in [-0.05, 0) is 48.1 Å². The van der Waals surface area contributed by atoms with Crippen molar-refractivity contribution in [2.45, 2.75) is 44.6 Å². The van der Waals surface area contributed by atoms with Gasteiger partial charge >= 0.3 is 0 Å². The number of aromatic nitrogens is 4. The molecule has 7 nitrogen and oxygen atoms in total. The quantitative estimate of drug-likeness (QED) is 0.624. The second kappa shape index (κ2) is 5.92. The number of nitrogens with one attached hydrogen (secondary N) is 2. The van der Waals surface area contributed by atoms with Gasteiger partial charge in [-0.1, -0.05) is 31.2 Å². The first-order valence-corrected chi connectivity index (χ1v) is 10.6. The third-order valence-electron chi connectivity index (χ3n) is 7.57. The minimum atomic E-state index is -0.0851. The standard InChI is InChI=1S/C22H26N6O/c1-12-10-15(12)17-16-19(27-26-17)24-21(25-20(16)29)28-8-6-22(7-9-28)11-13-4-2-3-5-14(13)18(22)23/h2-5,12,15,18H,6-11,23H2,1H3,(H2,24,25,26,27,29)/t12-,15+,18-/m1/s1. The Morgan fingerprint density at radius 3 is 2.72 bits per heavy atom. The second-order valence-corrected chi connectivity index (χ2v) is 9.25. The van der Waals surface area contributed by atoms with E-state index in [1.54, 1.807) is 0 Å². The fourth-order valence-electron chi connectivity index (χ4n) is 5.55. The molecule has 1 aliphatic heterocycles. The number of piperidine rings is 1. The Hall–Kier alpha value is -2.67. The van der Waals surface area contributed by atoms with E-state index in [-0.39, 0.29) is 17.0 Å². The highest BCUT2D eigenvalue weighted by Crippen LogP contribution is 2.51. The maximum atomic E-state index is 12.8. The highest BCUT2D eigenvalue weighted by atomic mass is 16.1. The Balaban J connectivity index is 1.26. The molecule has 1 spiro atoms. The van der Waals surface area contributed by atoms with Crippen LogP contribution in [0.2, 0.25) is 0 Å². The summed E-state index contributed by atoms with van der Waals surface area (Å²) in [6.07, 6.45) is 4.14. The predicted molar refractivity (Wildman–Crippen MR) is 112 cm³/mol. The number of hydrogen-bond acceptors (Lipinski definition) is 5. The van der Waals surface area contributed by atoms with Crippen molar-refractivity contribution in [1.29, 1.82) is 0 Å². The van der Waals surface area contributed by atoms with Gasteiger partial charge in [-0.3, -0.25) is 14.9 Å². The van der Waals surface area contributed by atoms with Crippen LogP contribution in [0.1, 0.15) is 55.0 Å². The molecule has 0 amide bonds. The molecule has 29 heavy (non-hydrogen) atoms. The van der Waals surface area contributed by atoms with Crippen LogP contribution in [0.5, 0.6) is 0 Å². The smallest absolute Gasteiger partial charge is 0.263 e. The summed E-state index contributed by atoms with van der Waals surface area (Å²) in [5.74, 6) is 1.65. The summed E-state index contributed by atoms with van der Waals surface area (Å²) in [6.45, 7) is 3.88. The van der Waals surface area contributed by atoms with Gasteiger partial charge in [0.2, 0.25) is 5.95 Å². The summed E-state index contributed by atoms with van der Waals surface area (Å²) in [5.41, 5.74) is 10.9. The van der Waals surface area contributed by atoms with Crippen molar-refractivity contribution in [2.24, 2.45) is 17.1 Å². The van der Waals surface area contributed by atoms with Crippen LogP contribution in [-0.4, -0.2) is 33.3 Å². The SMILES string of the molecule is C[C@@H]1C[C@@H]1c1[nH]nc2nc(N3CCC4(CC3)Cc3ccccc3[C@H]4N)[nH]c(=O)c12. The van der Waals surface area contributed by atoms with Crippen molar-refractivity contribution in [3.8, 4) is 0 Å². The van der Waals surface area contributed by atoms with Crippen LogP contribution in [0.4, 0.5) is 5.95 Å². The first-order chi connectivity index (χ1) is 14.1. The lowest BCUT2D eigenvalue weighted by molar-refractivity contribution is 0.187. The summed E-state index contributed by atoms with van der Waals surface area (Å²) in [4.78, 5) is 22.7. The van der Waals surface area contributed by atoms with Crippen molar-refractivity contribution in [2.75, 3.05) is 18.0 Å². The number of nitrogens with two attached hydrogens (primary N) is 1. The molecule has 3 heterocycles. The molecule has 1 saturated carbocycles. The number of fused-ring (bicyclic) bond motifs is 2. The van der Waals surface area contributed by atoms with E-state index >= 15 is 0 Å². The number of anilines is 1. The van der Waals surface area contributed by atoms with Gasteiger partial charge < -0.3 is 10.6 Å². The second-order valence-electron chi connectivity index (χ2n) is 9.25. The molecule has 0 unspecified atom stereocenters. The van der Waals surface area contributed by atoms with Gasteiger partial charge in [-0.15, -0.1) is 0 Å². The van der Waals surface area contributed by atoms with E-state index in [1.807, 2.05) is 0 Å². The van der Waals surface area contributed by atoms with Crippen LogP contribution in [0, 0.1) is 11.3 Å². The molecule has 150 valence electrons. The van der Waals surface area contributed by atoms with E-state index in [4.69, 9.17) is 5.73 Å². The Kier molecular flexibility index (Phi) is 3.51. The third-order valence-corrected chi connectivity index (χ3v) is 7.57.